The Kier molecular flexibility index (Phi) is 4.44. The van der Waals surface area contributed by atoms with Crippen LogP contribution in [0, 0.1) is 18.3 Å². The molecule has 2 aromatic carbocycles. The Morgan fingerprint density at radius 2 is 1.79 bits per heavy atom. The molecule has 0 fully saturated rings. The summed E-state index contributed by atoms with van der Waals surface area (Å²) < 4.78 is 0. The van der Waals surface area contributed by atoms with Crippen LogP contribution in [-0.2, 0) is 0 Å². The third-order valence-electron chi connectivity index (χ3n) is 3.70. The van der Waals surface area contributed by atoms with E-state index in [4.69, 9.17) is 23.2 Å². The van der Waals surface area contributed by atoms with Gasteiger partial charge in [0.25, 0.3) is 0 Å². The Hall–Kier alpha value is -2.54. The normalized spacial score (nSPS) is 10.4. The monoisotopic (exact) mass is 354 g/mol. The average Bonchev–Trinajstić information content (AvgIpc) is 2.56. The summed E-state index contributed by atoms with van der Waals surface area (Å²) >= 11 is 12.4. The van der Waals surface area contributed by atoms with E-state index in [0.29, 0.717) is 38.1 Å². The molecule has 0 atom stereocenters. The van der Waals surface area contributed by atoms with Gasteiger partial charge in [0.2, 0.25) is 0 Å². The molecule has 0 aliphatic rings. The van der Waals surface area contributed by atoms with Crippen LogP contribution in [0.5, 0.6) is 5.75 Å². The smallest absolute Gasteiger partial charge is 0.116 e. The van der Waals surface area contributed by atoms with E-state index in [1.807, 2.05) is 12.1 Å². The first-order chi connectivity index (χ1) is 11.5. The highest BCUT2D eigenvalue weighted by atomic mass is 35.5. The van der Waals surface area contributed by atoms with Gasteiger partial charge >= 0.3 is 0 Å². The largest absolute Gasteiger partial charge is 0.508 e. The number of phenolic OH excluding ortho intramolecular Hbond substituents is 1. The predicted octanol–water partition coefficient (Wildman–Crippen LogP) is 5.61. The van der Waals surface area contributed by atoms with Gasteiger partial charge in [-0.15, -0.1) is 0 Å². The van der Waals surface area contributed by atoms with Gasteiger partial charge in [0, 0.05) is 16.7 Å². The van der Waals surface area contributed by atoms with E-state index < -0.39 is 0 Å². The maximum Gasteiger partial charge on any atom is 0.116 e. The molecule has 3 nitrogen and oxygen atoms in total. The van der Waals surface area contributed by atoms with Crippen LogP contribution in [0.15, 0.2) is 48.5 Å². The highest BCUT2D eigenvalue weighted by Crippen LogP contribution is 2.37. The molecule has 1 N–H and O–H groups in total. The molecule has 0 spiro atoms. The zero-order valence-electron chi connectivity index (χ0n) is 12.7. The lowest BCUT2D eigenvalue weighted by Crippen LogP contribution is -1.96. The molecular formula is C19H12Cl2N2O. The van der Waals surface area contributed by atoms with Gasteiger partial charge in [-0.05, 0) is 31.2 Å². The first-order valence-corrected chi connectivity index (χ1v) is 7.92. The molecule has 0 amide bonds. The van der Waals surface area contributed by atoms with Crippen LogP contribution in [0.3, 0.4) is 0 Å². The summed E-state index contributed by atoms with van der Waals surface area (Å²) in [6.07, 6.45) is 0. The van der Waals surface area contributed by atoms with E-state index in [0.717, 1.165) is 5.56 Å². The van der Waals surface area contributed by atoms with Crippen LogP contribution >= 0.6 is 23.2 Å². The number of hydrogen-bond donors (Lipinski definition) is 1. The molecule has 0 bridgehead atoms. The quantitative estimate of drug-likeness (QED) is 0.650. The standard InChI is InChI=1S/C19H12Cl2N2O/c1-11-16(10-22)15(14-6-3-7-17(20)19(14)21)9-18(23-11)12-4-2-5-13(24)8-12/h2-9,24H,1H3. The highest BCUT2D eigenvalue weighted by Gasteiger charge is 2.16. The van der Waals surface area contributed by atoms with Gasteiger partial charge in [-0.2, -0.15) is 5.26 Å². The molecule has 0 aliphatic heterocycles. The number of pyridine rings is 1. The first-order valence-electron chi connectivity index (χ1n) is 7.17. The molecule has 0 saturated carbocycles. The fraction of sp³-hybridized carbons (Fsp3) is 0.0526. The minimum absolute atomic E-state index is 0.152. The van der Waals surface area contributed by atoms with Gasteiger partial charge in [0.05, 0.1) is 27.0 Å². The number of aromatic hydroxyl groups is 1. The van der Waals surface area contributed by atoms with Crippen molar-refractivity contribution in [1.29, 1.82) is 5.26 Å². The van der Waals surface area contributed by atoms with Crippen LogP contribution in [0.1, 0.15) is 11.3 Å². The Bertz CT molecular complexity index is 978. The molecule has 5 heteroatoms. The third kappa shape index (κ3) is 2.94. The molecule has 118 valence electrons. The number of nitrogens with zero attached hydrogens (tertiary/aromatic N) is 2. The summed E-state index contributed by atoms with van der Waals surface area (Å²) in [4.78, 5) is 4.48. The van der Waals surface area contributed by atoms with E-state index in [9.17, 15) is 10.4 Å². The molecular weight excluding hydrogens is 343 g/mol. The van der Waals surface area contributed by atoms with Crippen LogP contribution in [-0.4, -0.2) is 10.1 Å². The summed E-state index contributed by atoms with van der Waals surface area (Å²) in [6, 6.07) is 16.1. The molecule has 24 heavy (non-hydrogen) atoms. The van der Waals surface area contributed by atoms with Gasteiger partial charge in [-0.3, -0.25) is 4.98 Å². The topological polar surface area (TPSA) is 56.9 Å². The predicted molar refractivity (Wildman–Crippen MR) is 96.2 cm³/mol. The zero-order valence-corrected chi connectivity index (χ0v) is 14.2. The van der Waals surface area contributed by atoms with E-state index in [1.165, 1.54) is 0 Å². The molecule has 1 aromatic heterocycles. The van der Waals surface area contributed by atoms with E-state index in [1.54, 1.807) is 43.3 Å². The van der Waals surface area contributed by atoms with Crippen molar-refractivity contribution < 1.29 is 5.11 Å². The first kappa shape index (κ1) is 16.3. The number of phenols is 1. The summed E-state index contributed by atoms with van der Waals surface area (Å²) in [5.41, 5.74) is 3.77. The van der Waals surface area contributed by atoms with Gasteiger partial charge in [-0.25, -0.2) is 0 Å². The molecule has 0 saturated heterocycles. The van der Waals surface area contributed by atoms with E-state index in [2.05, 4.69) is 11.1 Å². The Morgan fingerprint density at radius 3 is 2.50 bits per heavy atom. The van der Waals surface area contributed by atoms with Crippen LogP contribution in [0.25, 0.3) is 22.4 Å². The van der Waals surface area contributed by atoms with Crippen molar-refractivity contribution in [2.24, 2.45) is 0 Å². The van der Waals surface area contributed by atoms with E-state index in [-0.39, 0.29) is 5.75 Å². The van der Waals surface area contributed by atoms with Crippen molar-refractivity contribution in [3.63, 3.8) is 0 Å². The Balaban J connectivity index is 2.29. The second-order valence-electron chi connectivity index (χ2n) is 5.28. The molecule has 3 aromatic rings. The highest BCUT2D eigenvalue weighted by molar-refractivity contribution is 6.43. The number of nitriles is 1. The average molecular weight is 355 g/mol. The van der Waals surface area contributed by atoms with Crippen molar-refractivity contribution in [2.75, 3.05) is 0 Å². The van der Waals surface area contributed by atoms with Crippen molar-refractivity contribution in [3.05, 3.63) is 69.8 Å². The maximum absolute atomic E-state index is 9.69. The van der Waals surface area contributed by atoms with Crippen LogP contribution < -0.4 is 0 Å². The Morgan fingerprint density at radius 1 is 1.04 bits per heavy atom. The SMILES string of the molecule is Cc1nc(-c2cccc(O)c2)cc(-c2cccc(Cl)c2Cl)c1C#N. The minimum Gasteiger partial charge on any atom is -0.508 e. The fourth-order valence-electron chi connectivity index (χ4n) is 2.55. The summed E-state index contributed by atoms with van der Waals surface area (Å²) in [5, 5.41) is 20.0. The summed E-state index contributed by atoms with van der Waals surface area (Å²) in [7, 11) is 0. The minimum atomic E-state index is 0.152. The number of benzene rings is 2. The van der Waals surface area contributed by atoms with Crippen molar-refractivity contribution >= 4 is 23.2 Å². The molecule has 0 aliphatic carbocycles. The number of aromatic nitrogens is 1. The lowest BCUT2D eigenvalue weighted by molar-refractivity contribution is 0.475. The maximum atomic E-state index is 9.69. The lowest BCUT2D eigenvalue weighted by Gasteiger charge is -2.12. The third-order valence-corrected chi connectivity index (χ3v) is 4.51. The molecule has 3 rings (SSSR count). The van der Waals surface area contributed by atoms with Crippen LogP contribution in [0.4, 0.5) is 0 Å². The lowest BCUT2D eigenvalue weighted by atomic mass is 9.97. The fourth-order valence-corrected chi connectivity index (χ4v) is 2.95. The number of halogens is 2. The molecule has 0 unspecified atom stereocenters. The second-order valence-corrected chi connectivity index (χ2v) is 6.06. The van der Waals surface area contributed by atoms with Gasteiger partial charge in [0.15, 0.2) is 0 Å². The molecule has 0 radical (unpaired) electrons. The van der Waals surface area contributed by atoms with Gasteiger partial charge in [-0.1, -0.05) is 47.5 Å². The van der Waals surface area contributed by atoms with Gasteiger partial charge < -0.3 is 5.11 Å². The number of aryl methyl sites for hydroxylation is 1. The van der Waals surface area contributed by atoms with Crippen LogP contribution in [0.2, 0.25) is 10.0 Å². The van der Waals surface area contributed by atoms with Gasteiger partial charge in [0.1, 0.15) is 11.8 Å². The Labute approximate surface area is 149 Å². The van der Waals surface area contributed by atoms with Crippen molar-refractivity contribution in [2.45, 2.75) is 6.92 Å². The van der Waals surface area contributed by atoms with Crippen molar-refractivity contribution in [1.82, 2.24) is 4.98 Å². The van der Waals surface area contributed by atoms with E-state index >= 15 is 0 Å². The summed E-state index contributed by atoms with van der Waals surface area (Å²) in [6.45, 7) is 1.77. The second kappa shape index (κ2) is 6.52. The summed E-state index contributed by atoms with van der Waals surface area (Å²) in [5.74, 6) is 0.152. The number of rotatable bonds is 2. The zero-order chi connectivity index (χ0) is 17.3. The number of hydrogen-bond acceptors (Lipinski definition) is 3. The van der Waals surface area contributed by atoms with Crippen molar-refractivity contribution in [3.8, 4) is 34.2 Å². The molecule has 1 heterocycles.